The molecule has 376 valence electrons. The lowest BCUT2D eigenvalue weighted by molar-refractivity contribution is -0.359. The predicted octanol–water partition coefficient (Wildman–Crippen LogP) is 6.55. The molecule has 12 unspecified atom stereocenters. The quantitative estimate of drug-likeness (QED) is 0.0236. The van der Waals surface area contributed by atoms with Crippen LogP contribution < -0.4 is 5.32 Å². The van der Waals surface area contributed by atoms with E-state index in [4.69, 9.17) is 18.9 Å². The van der Waals surface area contributed by atoms with Crippen LogP contribution in [-0.4, -0.2) is 140 Å². The third kappa shape index (κ3) is 24.5. The van der Waals surface area contributed by atoms with Crippen molar-refractivity contribution in [3.05, 3.63) is 24.3 Å². The molecule has 0 spiro atoms. The standard InChI is InChI=1S/C50H93NO13/c1-3-5-7-9-11-13-15-17-19-20-21-23-25-27-29-31-33-39(54)38(51-42(55)34-32-30-28-26-24-22-18-16-14-12-10-8-6-4-2)37-61-49-47(60)45(58)48(41(36-53)63-49)64-50-46(59)44(57)43(56)40(35-52)62-50/h16,18,31,33,38-41,43-50,52-54,56-60H,3-15,17,19-30,32,34-37H2,1-2H3,(H,51,55)/b18-16-,33-31+. The zero-order valence-corrected chi connectivity index (χ0v) is 39.8. The molecule has 2 fully saturated rings. The summed E-state index contributed by atoms with van der Waals surface area (Å²) in [5, 5.41) is 86.7. The van der Waals surface area contributed by atoms with E-state index in [0.717, 1.165) is 57.8 Å². The molecule has 0 saturated carbocycles. The summed E-state index contributed by atoms with van der Waals surface area (Å²) in [7, 11) is 0. The van der Waals surface area contributed by atoms with Gasteiger partial charge in [-0.1, -0.05) is 167 Å². The average Bonchev–Trinajstić information content (AvgIpc) is 3.29. The van der Waals surface area contributed by atoms with Crippen LogP contribution in [0.5, 0.6) is 0 Å². The summed E-state index contributed by atoms with van der Waals surface area (Å²) in [5.41, 5.74) is 0. The number of ether oxygens (including phenoxy) is 4. The second-order valence-electron chi connectivity index (χ2n) is 18.3. The van der Waals surface area contributed by atoms with Crippen molar-refractivity contribution in [2.45, 2.75) is 267 Å². The molecule has 12 atom stereocenters. The molecular weight excluding hydrogens is 823 g/mol. The van der Waals surface area contributed by atoms with Gasteiger partial charge < -0.3 is 65.1 Å². The number of carbonyl (C=O) groups is 1. The van der Waals surface area contributed by atoms with Gasteiger partial charge in [0.05, 0.1) is 32.0 Å². The number of nitrogens with one attached hydrogen (secondary N) is 1. The fourth-order valence-electron chi connectivity index (χ4n) is 8.40. The maximum absolute atomic E-state index is 13.2. The Labute approximate surface area is 386 Å². The van der Waals surface area contributed by atoms with Crippen LogP contribution in [0.2, 0.25) is 0 Å². The zero-order chi connectivity index (χ0) is 46.8. The van der Waals surface area contributed by atoms with Gasteiger partial charge in [0.2, 0.25) is 5.91 Å². The number of unbranched alkanes of at least 4 members (excludes halogenated alkanes) is 24. The van der Waals surface area contributed by atoms with Crippen molar-refractivity contribution in [3.8, 4) is 0 Å². The Kier molecular flexibility index (Phi) is 34.3. The fourth-order valence-corrected chi connectivity index (χ4v) is 8.40. The van der Waals surface area contributed by atoms with Gasteiger partial charge in [0.15, 0.2) is 12.6 Å². The molecule has 2 aliphatic rings. The van der Waals surface area contributed by atoms with Crippen molar-refractivity contribution >= 4 is 5.91 Å². The molecule has 0 aromatic heterocycles. The highest BCUT2D eigenvalue weighted by Gasteiger charge is 2.51. The Morgan fingerprint density at radius 3 is 1.48 bits per heavy atom. The van der Waals surface area contributed by atoms with Crippen molar-refractivity contribution in [2.75, 3.05) is 19.8 Å². The van der Waals surface area contributed by atoms with Crippen LogP contribution in [0.15, 0.2) is 24.3 Å². The van der Waals surface area contributed by atoms with Gasteiger partial charge in [0.1, 0.15) is 48.8 Å². The van der Waals surface area contributed by atoms with Gasteiger partial charge in [0.25, 0.3) is 0 Å². The molecule has 9 N–H and O–H groups in total. The van der Waals surface area contributed by atoms with E-state index in [2.05, 4.69) is 31.3 Å². The summed E-state index contributed by atoms with van der Waals surface area (Å²) in [6, 6.07) is -0.915. The molecule has 14 nitrogen and oxygen atoms in total. The van der Waals surface area contributed by atoms with Crippen molar-refractivity contribution in [1.29, 1.82) is 0 Å². The van der Waals surface area contributed by atoms with Gasteiger partial charge in [-0.15, -0.1) is 0 Å². The van der Waals surface area contributed by atoms with Gasteiger partial charge in [-0.2, -0.15) is 0 Å². The zero-order valence-electron chi connectivity index (χ0n) is 39.8. The normalized spacial score (nSPS) is 27.4. The largest absolute Gasteiger partial charge is 0.394 e. The van der Waals surface area contributed by atoms with Gasteiger partial charge >= 0.3 is 0 Å². The first-order valence-corrected chi connectivity index (χ1v) is 25.6. The minimum absolute atomic E-state index is 0.249. The van der Waals surface area contributed by atoms with Gasteiger partial charge in [-0.3, -0.25) is 4.79 Å². The molecule has 2 rings (SSSR count). The van der Waals surface area contributed by atoms with Crippen molar-refractivity contribution in [3.63, 3.8) is 0 Å². The summed E-state index contributed by atoms with van der Waals surface area (Å²) in [6.07, 6.45) is 23.5. The van der Waals surface area contributed by atoms with Crippen LogP contribution in [0.1, 0.15) is 194 Å². The molecular formula is C50H93NO13. The van der Waals surface area contributed by atoms with Crippen molar-refractivity contribution in [2.24, 2.45) is 0 Å². The van der Waals surface area contributed by atoms with Crippen LogP contribution in [0.3, 0.4) is 0 Å². The first kappa shape index (κ1) is 58.6. The SMILES string of the molecule is CCCCCCC/C=C\CCCCCCCC(=O)NC(COC1OC(CO)C(OC2OC(CO)C(O)C(O)C2O)C(O)C1O)C(O)/C=C/CCCCCCCCCCCCCCCC. The lowest BCUT2D eigenvalue weighted by Crippen LogP contribution is -2.65. The first-order chi connectivity index (χ1) is 31.1. The van der Waals surface area contributed by atoms with Crippen LogP contribution in [0.25, 0.3) is 0 Å². The number of hydrogen-bond donors (Lipinski definition) is 9. The molecule has 64 heavy (non-hydrogen) atoms. The highest BCUT2D eigenvalue weighted by Crippen LogP contribution is 2.30. The maximum Gasteiger partial charge on any atom is 0.220 e. The highest BCUT2D eigenvalue weighted by atomic mass is 16.7. The Morgan fingerprint density at radius 2 is 0.984 bits per heavy atom. The molecule has 0 aliphatic carbocycles. The minimum atomic E-state index is -1.79. The summed E-state index contributed by atoms with van der Waals surface area (Å²) >= 11 is 0. The average molecular weight is 916 g/mol. The Morgan fingerprint density at radius 1 is 0.547 bits per heavy atom. The van der Waals surface area contributed by atoms with Gasteiger partial charge in [-0.25, -0.2) is 0 Å². The number of rotatable bonds is 39. The second-order valence-corrected chi connectivity index (χ2v) is 18.3. The Bertz CT molecular complexity index is 1170. The van der Waals surface area contributed by atoms with E-state index >= 15 is 0 Å². The van der Waals surface area contributed by atoms with Crippen molar-refractivity contribution < 1.29 is 64.6 Å². The van der Waals surface area contributed by atoms with E-state index in [1.165, 1.54) is 109 Å². The summed E-state index contributed by atoms with van der Waals surface area (Å²) in [5.74, 6) is -0.249. The number of aliphatic hydroxyl groups excluding tert-OH is 8. The number of hydrogen-bond acceptors (Lipinski definition) is 13. The van der Waals surface area contributed by atoms with Crippen LogP contribution in [0, 0.1) is 0 Å². The monoisotopic (exact) mass is 916 g/mol. The van der Waals surface area contributed by atoms with Gasteiger partial charge in [-0.05, 0) is 44.9 Å². The Balaban J connectivity index is 1.86. The first-order valence-electron chi connectivity index (χ1n) is 25.6. The van der Waals surface area contributed by atoms with E-state index in [9.17, 15) is 45.6 Å². The summed E-state index contributed by atoms with van der Waals surface area (Å²) in [4.78, 5) is 13.2. The smallest absolute Gasteiger partial charge is 0.220 e. The molecule has 2 saturated heterocycles. The van der Waals surface area contributed by atoms with E-state index in [0.29, 0.717) is 6.42 Å². The number of amides is 1. The van der Waals surface area contributed by atoms with Crippen LogP contribution in [-0.2, 0) is 23.7 Å². The maximum atomic E-state index is 13.2. The molecule has 2 heterocycles. The number of carbonyl (C=O) groups excluding carboxylic acids is 1. The molecule has 14 heteroatoms. The molecule has 0 bridgehead atoms. The van der Waals surface area contributed by atoms with Crippen LogP contribution in [0.4, 0.5) is 0 Å². The third-order valence-corrected chi connectivity index (χ3v) is 12.6. The van der Waals surface area contributed by atoms with Gasteiger partial charge in [0, 0.05) is 6.42 Å². The molecule has 0 aromatic carbocycles. The molecule has 0 radical (unpaired) electrons. The fraction of sp³-hybridized carbons (Fsp3) is 0.900. The lowest BCUT2D eigenvalue weighted by atomic mass is 9.97. The molecule has 2 aliphatic heterocycles. The molecule has 1 amide bonds. The third-order valence-electron chi connectivity index (χ3n) is 12.6. The lowest BCUT2D eigenvalue weighted by Gasteiger charge is -2.46. The highest BCUT2D eigenvalue weighted by molar-refractivity contribution is 5.76. The summed E-state index contributed by atoms with van der Waals surface area (Å²) < 4.78 is 22.7. The number of aliphatic hydroxyl groups is 8. The van der Waals surface area contributed by atoms with E-state index in [1.807, 2.05) is 6.08 Å². The summed E-state index contributed by atoms with van der Waals surface area (Å²) in [6.45, 7) is 2.77. The Hall–Kier alpha value is -1.53. The van der Waals surface area contributed by atoms with E-state index in [1.54, 1.807) is 6.08 Å². The van der Waals surface area contributed by atoms with E-state index in [-0.39, 0.29) is 18.9 Å². The number of allylic oxidation sites excluding steroid dienone is 3. The van der Waals surface area contributed by atoms with Crippen LogP contribution >= 0.6 is 0 Å². The predicted molar refractivity (Wildman–Crippen MR) is 249 cm³/mol. The topological polar surface area (TPSA) is 228 Å². The van der Waals surface area contributed by atoms with E-state index < -0.39 is 86.8 Å². The molecule has 0 aromatic rings. The van der Waals surface area contributed by atoms with Crippen molar-refractivity contribution in [1.82, 2.24) is 5.32 Å². The minimum Gasteiger partial charge on any atom is -0.394 e. The second kappa shape index (κ2) is 37.5.